The molecular weight excluding hydrogens is 356 g/mol. The fraction of sp³-hybridized carbons (Fsp3) is 0.333. The summed E-state index contributed by atoms with van der Waals surface area (Å²) in [6.07, 6.45) is 1.29. The molecule has 5 heteroatoms. The number of ether oxygens (including phenoxy) is 1. The Balaban J connectivity index is 2.35. The van der Waals surface area contributed by atoms with Gasteiger partial charge in [0.1, 0.15) is 11.4 Å². The fourth-order valence-corrected chi connectivity index (χ4v) is 2.43. The van der Waals surface area contributed by atoms with Gasteiger partial charge >= 0.3 is 6.09 Å². The van der Waals surface area contributed by atoms with Crippen LogP contribution in [-0.2, 0) is 11.3 Å². The van der Waals surface area contributed by atoms with Crippen LogP contribution in [0.15, 0.2) is 47.1 Å². The number of aromatic nitrogens is 1. The van der Waals surface area contributed by atoms with Crippen molar-refractivity contribution in [1.29, 1.82) is 0 Å². The van der Waals surface area contributed by atoms with Gasteiger partial charge in [0, 0.05) is 10.7 Å². The van der Waals surface area contributed by atoms with Gasteiger partial charge in [-0.15, -0.1) is 0 Å². The van der Waals surface area contributed by atoms with Gasteiger partial charge in [-0.05, 0) is 57.0 Å². The number of amides is 1. The average molecular weight is 377 g/mol. The van der Waals surface area contributed by atoms with E-state index in [-0.39, 0.29) is 0 Å². The maximum Gasteiger partial charge on any atom is 0.416 e. The van der Waals surface area contributed by atoms with Crippen molar-refractivity contribution in [3.63, 3.8) is 0 Å². The molecule has 0 aliphatic carbocycles. The van der Waals surface area contributed by atoms with Crippen LogP contribution in [0, 0.1) is 6.92 Å². The molecule has 0 N–H and O–H groups in total. The van der Waals surface area contributed by atoms with Crippen LogP contribution < -0.4 is 4.90 Å². The number of anilines is 1. The fourth-order valence-electron chi connectivity index (χ4n) is 2.02. The van der Waals surface area contributed by atoms with Gasteiger partial charge in [-0.1, -0.05) is 34.1 Å². The van der Waals surface area contributed by atoms with Crippen molar-refractivity contribution in [1.82, 2.24) is 4.98 Å². The second-order valence-electron chi connectivity index (χ2n) is 6.35. The molecular formula is C18H21BrN2O2. The monoisotopic (exact) mass is 376 g/mol. The molecule has 1 aromatic carbocycles. The zero-order chi connectivity index (χ0) is 17.0. The highest BCUT2D eigenvalue weighted by atomic mass is 79.9. The first-order valence-electron chi connectivity index (χ1n) is 7.43. The van der Waals surface area contributed by atoms with Crippen LogP contribution in [0.2, 0.25) is 0 Å². The Kier molecular flexibility index (Phi) is 5.42. The molecule has 0 saturated heterocycles. The molecule has 0 spiro atoms. The number of carbonyl (C=O) groups excluding carboxylic acids is 1. The molecule has 2 rings (SSSR count). The van der Waals surface area contributed by atoms with E-state index in [1.807, 2.05) is 64.1 Å². The molecule has 0 atom stereocenters. The standard InChI is InChI=1S/C18H21BrN2O2/c1-13-9-10-20-16(11-13)21(17(22)23-18(2,3)4)12-14-7-5-6-8-15(14)19/h5-11H,12H2,1-4H3. The van der Waals surface area contributed by atoms with Crippen molar-refractivity contribution in [2.24, 2.45) is 0 Å². The van der Waals surface area contributed by atoms with Gasteiger partial charge in [-0.2, -0.15) is 0 Å². The summed E-state index contributed by atoms with van der Waals surface area (Å²) >= 11 is 3.52. The van der Waals surface area contributed by atoms with Crippen LogP contribution in [0.25, 0.3) is 0 Å². The summed E-state index contributed by atoms with van der Waals surface area (Å²) in [7, 11) is 0. The minimum Gasteiger partial charge on any atom is -0.443 e. The normalized spacial score (nSPS) is 11.2. The maximum atomic E-state index is 12.6. The average Bonchev–Trinajstić information content (AvgIpc) is 2.44. The second-order valence-corrected chi connectivity index (χ2v) is 7.20. The predicted octanol–water partition coefficient (Wildman–Crippen LogP) is 5.09. The van der Waals surface area contributed by atoms with Gasteiger partial charge in [-0.3, -0.25) is 4.90 Å². The summed E-state index contributed by atoms with van der Waals surface area (Å²) < 4.78 is 6.48. The molecule has 1 heterocycles. The summed E-state index contributed by atoms with van der Waals surface area (Å²) in [6.45, 7) is 7.91. The van der Waals surface area contributed by atoms with Gasteiger partial charge < -0.3 is 4.74 Å². The first kappa shape index (κ1) is 17.5. The van der Waals surface area contributed by atoms with Crippen molar-refractivity contribution in [2.45, 2.75) is 39.8 Å². The Labute approximate surface area is 145 Å². The SMILES string of the molecule is Cc1ccnc(N(Cc2ccccc2Br)C(=O)OC(C)(C)C)c1. The van der Waals surface area contributed by atoms with Crippen LogP contribution in [0.5, 0.6) is 0 Å². The van der Waals surface area contributed by atoms with E-state index in [0.717, 1.165) is 15.6 Å². The molecule has 2 aromatic rings. The smallest absolute Gasteiger partial charge is 0.416 e. The van der Waals surface area contributed by atoms with Crippen LogP contribution in [0.1, 0.15) is 31.9 Å². The molecule has 1 amide bonds. The van der Waals surface area contributed by atoms with Crippen molar-refractivity contribution in [2.75, 3.05) is 4.90 Å². The Bertz CT molecular complexity index is 695. The highest BCUT2D eigenvalue weighted by molar-refractivity contribution is 9.10. The Hall–Kier alpha value is -1.88. The number of carbonyl (C=O) groups is 1. The number of pyridine rings is 1. The van der Waals surface area contributed by atoms with Crippen LogP contribution in [0.3, 0.4) is 0 Å². The molecule has 122 valence electrons. The highest BCUT2D eigenvalue weighted by Crippen LogP contribution is 2.23. The lowest BCUT2D eigenvalue weighted by Crippen LogP contribution is -2.37. The molecule has 23 heavy (non-hydrogen) atoms. The number of halogens is 1. The molecule has 0 aliphatic heterocycles. The molecule has 0 radical (unpaired) electrons. The van der Waals surface area contributed by atoms with Crippen LogP contribution in [0.4, 0.5) is 10.6 Å². The molecule has 0 saturated carbocycles. The third-order valence-corrected chi connectivity index (χ3v) is 3.85. The molecule has 1 aromatic heterocycles. The first-order valence-corrected chi connectivity index (χ1v) is 8.22. The number of benzene rings is 1. The summed E-state index contributed by atoms with van der Waals surface area (Å²) in [5.41, 5.74) is 1.46. The van der Waals surface area contributed by atoms with Gasteiger partial charge in [0.05, 0.1) is 6.54 Å². The quantitative estimate of drug-likeness (QED) is 0.748. The number of rotatable bonds is 3. The summed E-state index contributed by atoms with van der Waals surface area (Å²) in [6, 6.07) is 11.6. The van der Waals surface area contributed by atoms with Crippen LogP contribution in [-0.4, -0.2) is 16.7 Å². The number of aryl methyl sites for hydroxylation is 1. The van der Waals surface area contributed by atoms with E-state index in [2.05, 4.69) is 20.9 Å². The van der Waals surface area contributed by atoms with E-state index in [4.69, 9.17) is 4.74 Å². The van der Waals surface area contributed by atoms with Gasteiger partial charge in [0.2, 0.25) is 0 Å². The van der Waals surface area contributed by atoms with E-state index in [1.165, 1.54) is 0 Å². The number of hydrogen-bond acceptors (Lipinski definition) is 3. The highest BCUT2D eigenvalue weighted by Gasteiger charge is 2.25. The van der Waals surface area contributed by atoms with E-state index in [0.29, 0.717) is 12.4 Å². The zero-order valence-electron chi connectivity index (χ0n) is 13.8. The molecule has 0 bridgehead atoms. The van der Waals surface area contributed by atoms with Crippen molar-refractivity contribution < 1.29 is 9.53 Å². The van der Waals surface area contributed by atoms with Crippen molar-refractivity contribution in [3.8, 4) is 0 Å². The molecule has 0 unspecified atom stereocenters. The third-order valence-electron chi connectivity index (χ3n) is 3.08. The summed E-state index contributed by atoms with van der Waals surface area (Å²) in [4.78, 5) is 18.5. The Morgan fingerprint density at radius 2 is 1.96 bits per heavy atom. The molecule has 0 fully saturated rings. The number of nitrogens with zero attached hydrogens (tertiary/aromatic N) is 2. The topological polar surface area (TPSA) is 42.4 Å². The lowest BCUT2D eigenvalue weighted by Gasteiger charge is -2.27. The first-order chi connectivity index (χ1) is 10.8. The largest absolute Gasteiger partial charge is 0.443 e. The van der Waals surface area contributed by atoms with Gasteiger partial charge in [-0.25, -0.2) is 9.78 Å². The lowest BCUT2D eigenvalue weighted by atomic mass is 10.2. The lowest BCUT2D eigenvalue weighted by molar-refractivity contribution is 0.0576. The Morgan fingerprint density at radius 1 is 1.26 bits per heavy atom. The van der Waals surface area contributed by atoms with Gasteiger partial charge in [0.25, 0.3) is 0 Å². The van der Waals surface area contributed by atoms with Crippen LogP contribution >= 0.6 is 15.9 Å². The van der Waals surface area contributed by atoms with E-state index in [1.54, 1.807) is 11.1 Å². The third kappa shape index (κ3) is 5.06. The van der Waals surface area contributed by atoms with E-state index in [9.17, 15) is 4.79 Å². The molecule has 4 nitrogen and oxygen atoms in total. The molecule has 0 aliphatic rings. The van der Waals surface area contributed by atoms with E-state index < -0.39 is 11.7 Å². The van der Waals surface area contributed by atoms with Crippen molar-refractivity contribution in [3.05, 3.63) is 58.2 Å². The predicted molar refractivity (Wildman–Crippen MR) is 95.5 cm³/mol. The Morgan fingerprint density at radius 3 is 2.57 bits per heavy atom. The minimum absolute atomic E-state index is 0.382. The zero-order valence-corrected chi connectivity index (χ0v) is 15.4. The maximum absolute atomic E-state index is 12.6. The summed E-state index contributed by atoms with van der Waals surface area (Å²) in [5, 5.41) is 0. The minimum atomic E-state index is -0.562. The van der Waals surface area contributed by atoms with E-state index >= 15 is 0 Å². The van der Waals surface area contributed by atoms with Crippen molar-refractivity contribution >= 4 is 27.8 Å². The number of hydrogen-bond donors (Lipinski definition) is 0. The second kappa shape index (κ2) is 7.13. The summed E-state index contributed by atoms with van der Waals surface area (Å²) in [5.74, 6) is 0.579. The van der Waals surface area contributed by atoms with Gasteiger partial charge in [0.15, 0.2) is 0 Å².